The fraction of sp³-hybridized carbons (Fsp3) is 0.368. The molecule has 6 heterocycles. The third-order valence-corrected chi connectivity index (χ3v) is 13.8. The highest BCUT2D eigenvalue weighted by Gasteiger charge is 2.50. The minimum atomic E-state index is -1.24. The number of fused-ring (bicyclic) bond motifs is 4. The maximum absolute atomic E-state index is 13.9. The van der Waals surface area contributed by atoms with Gasteiger partial charge in [0.05, 0.1) is 58.3 Å². The largest absolute Gasteiger partial charge is 0.511 e. The fourth-order valence-electron chi connectivity index (χ4n) is 10.6. The monoisotopic (exact) mass is 1150 g/mol. The lowest BCUT2D eigenvalue weighted by atomic mass is 9.80. The summed E-state index contributed by atoms with van der Waals surface area (Å²) in [6.45, 7) is 7.60. The van der Waals surface area contributed by atoms with Crippen LogP contribution < -0.4 is 15.6 Å². The molecule has 6 atom stereocenters. The number of halogens is 6. The van der Waals surface area contributed by atoms with Crippen LogP contribution >= 0.6 is 11.6 Å². The SMILES string of the molecule is CCOC(=O)OC(C)Cl.CCOC(=O)OC(C)Oc1c2n(ncc1=O)[C@@H](C(c1ccc(F)cc1)c1ccc(F)cc1)[C@H]1CCCN1C2=O.O=C1c2c(O)c(=O)cnn2[C@@H](C(c2ccc(F)cc2)c2ccc(F)cc2)[C@H]2CCCN12.[2H]CF. The Morgan fingerprint density at radius 3 is 1.37 bits per heavy atom. The lowest BCUT2D eigenvalue weighted by Crippen LogP contribution is -2.51. The van der Waals surface area contributed by atoms with Crippen LogP contribution in [0.4, 0.5) is 31.5 Å². The van der Waals surface area contributed by atoms with E-state index in [1.165, 1.54) is 64.8 Å². The summed E-state index contributed by atoms with van der Waals surface area (Å²) in [5, 5.41) is 19.0. The zero-order valence-electron chi connectivity index (χ0n) is 45.3. The fourth-order valence-corrected chi connectivity index (χ4v) is 10.7. The van der Waals surface area contributed by atoms with Gasteiger partial charge in [0, 0.05) is 31.8 Å². The molecule has 2 aromatic heterocycles. The van der Waals surface area contributed by atoms with Gasteiger partial charge in [0.15, 0.2) is 22.7 Å². The molecule has 0 aliphatic carbocycles. The molecule has 2 amide bonds. The summed E-state index contributed by atoms with van der Waals surface area (Å²) in [6, 6.07) is 22.4. The van der Waals surface area contributed by atoms with E-state index in [9.17, 15) is 55.8 Å². The molecule has 2 unspecified atom stereocenters. The third kappa shape index (κ3) is 13.6. The van der Waals surface area contributed by atoms with Crippen molar-refractivity contribution in [2.75, 3.05) is 33.5 Å². The molecule has 0 bridgehead atoms. The number of hydrogen-bond acceptors (Lipinski definition) is 14. The van der Waals surface area contributed by atoms with E-state index in [4.69, 9.17) is 27.2 Å². The Balaban J connectivity index is 0.000000200. The molecule has 81 heavy (non-hydrogen) atoms. The number of carbonyl (C=O) groups is 4. The van der Waals surface area contributed by atoms with E-state index in [0.29, 0.717) is 32.5 Å². The molecule has 4 aromatic carbocycles. The van der Waals surface area contributed by atoms with E-state index in [2.05, 4.69) is 19.7 Å². The molecule has 2 saturated heterocycles. The van der Waals surface area contributed by atoms with E-state index in [1.807, 2.05) is 0 Å². The lowest BCUT2D eigenvalue weighted by Gasteiger charge is -2.43. The quantitative estimate of drug-likeness (QED) is 0.0523. The first kappa shape index (κ1) is 58.8. The number of ether oxygens (including phenoxy) is 5. The molecule has 6 aromatic rings. The summed E-state index contributed by atoms with van der Waals surface area (Å²) in [5.74, 6) is -4.31. The van der Waals surface area contributed by atoms with E-state index in [1.54, 1.807) is 79.1 Å². The average molecular weight is 1150 g/mol. The molecule has 2 fully saturated rings. The topological polar surface area (TPSA) is 211 Å². The van der Waals surface area contributed by atoms with Gasteiger partial charge in [0.25, 0.3) is 11.8 Å². The first-order chi connectivity index (χ1) is 39.3. The van der Waals surface area contributed by atoms with Crippen molar-refractivity contribution < 1.29 is 71.3 Å². The maximum Gasteiger partial charge on any atom is 0.511 e. The Labute approximate surface area is 467 Å². The smallest absolute Gasteiger partial charge is 0.502 e. The van der Waals surface area contributed by atoms with E-state index in [-0.39, 0.29) is 47.5 Å². The van der Waals surface area contributed by atoms with Gasteiger partial charge in [-0.25, -0.2) is 27.2 Å². The van der Waals surface area contributed by atoms with Crippen LogP contribution in [0.3, 0.4) is 0 Å². The van der Waals surface area contributed by atoms with Crippen LogP contribution in [0.1, 0.15) is 122 Å². The average Bonchev–Trinajstić information content (AvgIpc) is 1.85. The van der Waals surface area contributed by atoms with Crippen LogP contribution in [-0.4, -0.2) is 116 Å². The van der Waals surface area contributed by atoms with Crippen LogP contribution in [0, 0.1) is 23.3 Å². The Morgan fingerprint density at radius 2 is 0.988 bits per heavy atom. The molecule has 0 saturated carbocycles. The highest BCUT2D eigenvalue weighted by atomic mass is 35.5. The van der Waals surface area contributed by atoms with Gasteiger partial charge < -0.3 is 38.6 Å². The Kier molecular flexibility index (Phi) is 19.8. The third-order valence-electron chi connectivity index (χ3n) is 13.8. The maximum atomic E-state index is 13.9. The second-order valence-corrected chi connectivity index (χ2v) is 19.3. The lowest BCUT2D eigenvalue weighted by molar-refractivity contribution is -0.0534. The number of amides is 2. The van der Waals surface area contributed by atoms with Gasteiger partial charge in [-0.1, -0.05) is 60.1 Å². The van der Waals surface area contributed by atoms with Crippen LogP contribution in [0.25, 0.3) is 0 Å². The molecule has 18 nitrogen and oxygen atoms in total. The van der Waals surface area contributed by atoms with Crippen LogP contribution in [-0.2, 0) is 18.9 Å². The zero-order chi connectivity index (χ0) is 59.4. The first-order valence-electron chi connectivity index (χ1n) is 26.4. The molecular weight excluding hydrogens is 1090 g/mol. The minimum Gasteiger partial charge on any atom is -0.502 e. The Morgan fingerprint density at radius 1 is 0.630 bits per heavy atom. The number of nitrogens with zero attached hydrogens (tertiary/aromatic N) is 6. The van der Waals surface area contributed by atoms with Crippen molar-refractivity contribution in [2.24, 2.45) is 0 Å². The molecule has 0 radical (unpaired) electrons. The van der Waals surface area contributed by atoms with Crippen molar-refractivity contribution in [1.29, 1.82) is 0 Å². The molecule has 4 aliphatic heterocycles. The normalized spacial score (nSPS) is 18.4. The van der Waals surface area contributed by atoms with Crippen LogP contribution in [0.2, 0.25) is 0 Å². The number of hydrogen-bond donors (Lipinski definition) is 1. The van der Waals surface area contributed by atoms with Crippen LogP contribution in [0.5, 0.6) is 11.5 Å². The van der Waals surface area contributed by atoms with Gasteiger partial charge in [-0.15, -0.1) is 0 Å². The van der Waals surface area contributed by atoms with Gasteiger partial charge in [0.1, 0.15) is 23.3 Å². The number of aromatic hydroxyl groups is 1. The summed E-state index contributed by atoms with van der Waals surface area (Å²) < 4.78 is 97.8. The van der Waals surface area contributed by atoms with Crippen molar-refractivity contribution in [1.82, 2.24) is 29.4 Å². The summed E-state index contributed by atoms with van der Waals surface area (Å²) in [4.78, 5) is 77.2. The standard InChI is InChI=1S/C28H27F2N3O6.C23H19F2N3O3.C5H9ClO3.CH3F/c1-3-37-28(36)39-16(2)38-26-22(34)15-31-33-24(21-5-4-14-32(21)27(35)25(26)33)23(17-6-10-19(29)11-7-17)18-8-12-20(30)13-9-18;24-15-7-3-13(4-8-15)19(14-5-9-16(25)10-6-14)20-17-2-1-11-27(17)23(31)21-22(30)18(29)12-26-28(20)21;1-3-8-5(7)9-4(2)6;1-2/h6-13,15-16,21,23-24H,3-5,14H2,1-2H3;3-10,12,17,19-20,30H,1-2,11H2;4H,3H2,1-2H3;1H3/t16?,21-,24-;17-,20-;;/m11../s1/i;;;1D. The molecule has 10 rings (SSSR count). The number of rotatable bonds is 12. The van der Waals surface area contributed by atoms with Gasteiger partial charge in [0.2, 0.25) is 22.9 Å². The molecule has 0 spiro atoms. The zero-order valence-corrected chi connectivity index (χ0v) is 45.0. The van der Waals surface area contributed by atoms with Crippen molar-refractivity contribution in [2.45, 2.75) is 101 Å². The molecule has 430 valence electrons. The highest BCUT2D eigenvalue weighted by Crippen LogP contribution is 2.48. The minimum absolute atomic E-state index is 0.0841. The highest BCUT2D eigenvalue weighted by molar-refractivity contribution is 6.19. The number of carbonyl (C=O) groups excluding carboxylic acids is 4. The summed E-state index contributed by atoms with van der Waals surface area (Å²) in [7, 11) is -1.00. The second-order valence-electron chi connectivity index (χ2n) is 18.7. The second kappa shape index (κ2) is 27.2. The van der Waals surface area contributed by atoms with E-state index < -0.39 is 95.3 Å². The van der Waals surface area contributed by atoms with Gasteiger partial charge in [-0.05, 0) is 117 Å². The van der Waals surface area contributed by atoms with Gasteiger partial charge in [-0.2, -0.15) is 10.2 Å². The van der Waals surface area contributed by atoms with Crippen molar-refractivity contribution in [3.63, 3.8) is 0 Å². The van der Waals surface area contributed by atoms with Gasteiger partial charge in [-0.3, -0.25) is 32.9 Å². The van der Waals surface area contributed by atoms with Crippen LogP contribution in [0.15, 0.2) is 119 Å². The Hall–Kier alpha value is -8.34. The number of aromatic nitrogens is 4. The van der Waals surface area contributed by atoms with Gasteiger partial charge >= 0.3 is 12.3 Å². The van der Waals surface area contributed by atoms with Crippen molar-refractivity contribution >= 4 is 35.7 Å². The van der Waals surface area contributed by atoms with E-state index in [0.717, 1.165) is 47.5 Å². The molecule has 4 aliphatic rings. The molecular formula is C57H58ClF5N6O12. The predicted octanol–water partition coefficient (Wildman–Crippen LogP) is 9.96. The predicted molar refractivity (Wildman–Crippen MR) is 283 cm³/mol. The first-order valence-corrected chi connectivity index (χ1v) is 26.1. The van der Waals surface area contributed by atoms with E-state index >= 15 is 0 Å². The van der Waals surface area contributed by atoms with Crippen molar-refractivity contribution in [3.05, 3.63) is 187 Å². The summed E-state index contributed by atoms with van der Waals surface area (Å²) >= 11 is 5.29. The molecule has 1 N–H and O–H groups in total. The number of alkyl halides is 2. The Bertz CT molecular complexity index is 3220. The number of benzene rings is 4. The molecule has 24 heteroatoms. The summed E-state index contributed by atoms with van der Waals surface area (Å²) in [6.07, 6.45) is 1.98. The summed E-state index contributed by atoms with van der Waals surface area (Å²) in [5.41, 5.74) is 0.717. The van der Waals surface area contributed by atoms with Crippen molar-refractivity contribution in [3.8, 4) is 11.5 Å².